The minimum Gasteiger partial charge on any atom is -0.480 e. The molecule has 0 unspecified atom stereocenters. The van der Waals surface area contributed by atoms with Gasteiger partial charge in [0.2, 0.25) is 17.7 Å². The predicted molar refractivity (Wildman–Crippen MR) is 215 cm³/mol. The highest BCUT2D eigenvalue weighted by molar-refractivity contribution is 5.96. The fraction of sp³-hybridized carbons (Fsp3) is 0.773. The Labute approximate surface area is 337 Å². The summed E-state index contributed by atoms with van der Waals surface area (Å²) < 4.78 is 0. The quantitative estimate of drug-likeness (QED) is 0.140. The first-order valence-electron chi connectivity index (χ1n) is 21.5. The number of nitrogens with zero attached hydrogens (tertiary/aromatic N) is 1. The van der Waals surface area contributed by atoms with Crippen LogP contribution in [0.15, 0.2) is 24.2 Å². The number of hydrogen-bond donors (Lipinski definition) is 7. The average molecular weight is 793 g/mol. The Hall–Kier alpha value is -3.58. The maximum atomic E-state index is 14.8. The summed E-state index contributed by atoms with van der Waals surface area (Å²) in [5.74, 6) is -1.98. The van der Waals surface area contributed by atoms with Gasteiger partial charge < -0.3 is 36.9 Å². The van der Waals surface area contributed by atoms with Crippen molar-refractivity contribution < 1.29 is 34.2 Å². The number of aliphatic hydroxyl groups is 1. The van der Waals surface area contributed by atoms with Gasteiger partial charge in [0.25, 0.3) is 0 Å². The van der Waals surface area contributed by atoms with Gasteiger partial charge >= 0.3 is 5.97 Å². The highest BCUT2D eigenvalue weighted by atomic mass is 16.4. The summed E-state index contributed by atoms with van der Waals surface area (Å²) in [5, 5.41) is 29.4. The van der Waals surface area contributed by atoms with E-state index in [1.54, 1.807) is 6.92 Å². The number of allylic oxidation sites excluding steroid dienone is 2. The zero-order valence-electron chi connectivity index (χ0n) is 35.2. The van der Waals surface area contributed by atoms with Gasteiger partial charge in [0.1, 0.15) is 12.1 Å². The number of H-pyrrole nitrogens is 1. The lowest BCUT2D eigenvalue weighted by atomic mass is 9.33. The van der Waals surface area contributed by atoms with Crippen LogP contribution in [0.1, 0.15) is 125 Å². The Morgan fingerprint density at radius 1 is 0.965 bits per heavy atom. The van der Waals surface area contributed by atoms with Gasteiger partial charge in [0.15, 0.2) is 5.78 Å². The molecule has 6 rings (SSSR count). The third kappa shape index (κ3) is 7.27. The molecule has 13 atom stereocenters. The summed E-state index contributed by atoms with van der Waals surface area (Å²) in [7, 11) is 0. The zero-order valence-corrected chi connectivity index (χ0v) is 35.2. The largest absolute Gasteiger partial charge is 0.480 e. The Kier molecular flexibility index (Phi) is 12.0. The van der Waals surface area contributed by atoms with Crippen LogP contribution in [0.5, 0.6) is 0 Å². The lowest BCUT2D eigenvalue weighted by Gasteiger charge is -2.70. The minimum absolute atomic E-state index is 0.0126. The van der Waals surface area contributed by atoms with Gasteiger partial charge in [-0.05, 0) is 136 Å². The number of aliphatic hydroxyl groups excluding tert-OH is 1. The van der Waals surface area contributed by atoms with Crippen molar-refractivity contribution in [3.63, 3.8) is 0 Å². The van der Waals surface area contributed by atoms with Gasteiger partial charge in [-0.3, -0.25) is 19.2 Å². The van der Waals surface area contributed by atoms with Gasteiger partial charge in [0.05, 0.1) is 24.4 Å². The minimum atomic E-state index is -1.27. The zero-order chi connectivity index (χ0) is 41.7. The number of carbonyl (C=O) groups is 5. The molecule has 13 nitrogen and oxygen atoms in total. The van der Waals surface area contributed by atoms with Crippen LogP contribution in [-0.2, 0) is 30.4 Å². The number of rotatable bonds is 13. The number of carboxylic acids is 1. The molecule has 0 aliphatic heterocycles. The van der Waals surface area contributed by atoms with Crippen LogP contribution in [0.3, 0.4) is 0 Å². The van der Waals surface area contributed by atoms with Crippen LogP contribution >= 0.6 is 0 Å². The summed E-state index contributed by atoms with van der Waals surface area (Å²) in [6.45, 7) is 15.8. The van der Waals surface area contributed by atoms with Crippen molar-refractivity contribution in [2.75, 3.05) is 13.1 Å². The normalized spacial score (nSPS) is 39.5. The molecule has 1 aromatic heterocycles. The second-order valence-corrected chi connectivity index (χ2v) is 19.9. The first-order valence-corrected chi connectivity index (χ1v) is 21.5. The molecule has 0 bridgehead atoms. The van der Waals surface area contributed by atoms with Gasteiger partial charge in [0, 0.05) is 24.2 Å². The maximum absolute atomic E-state index is 14.8. The van der Waals surface area contributed by atoms with Gasteiger partial charge in [-0.15, -0.1) is 0 Å². The van der Waals surface area contributed by atoms with E-state index in [-0.39, 0.29) is 46.7 Å². The Morgan fingerprint density at radius 3 is 2.37 bits per heavy atom. The third-order valence-corrected chi connectivity index (χ3v) is 16.9. The lowest BCUT2D eigenvalue weighted by molar-refractivity contribution is -0.207. The first kappa shape index (κ1) is 43.0. The number of hydrogen-bond acceptors (Lipinski definition) is 8. The molecule has 0 radical (unpaired) electrons. The van der Waals surface area contributed by atoms with Crippen molar-refractivity contribution >= 4 is 29.5 Å². The standard InChI is InChI=1S/C44H68N6O7/c1-25-11-14-40(3)17-18-42(5)28(35(40)26(25)2)21-31(51)36-41(4)15-13-33(52)44(7,32(41)12-16-43(36,42)6)39(57)47-23-34(53)49-30(20-27-22-46-24-48-27)37(54)50-29(38(55)56)10-8-9-19-45/h21-22,24-26,29-30,32-33,35-36,52H,8-20,23,45H2,1-7H3,(H,46,48)(H,47,57)(H,49,53)(H,50,54)(H,55,56)/t25-,26+,29+,30+,32-,33-,35+,36-,40-,41+,42-,43-,44-/m1/s1. The smallest absolute Gasteiger partial charge is 0.326 e. The second-order valence-electron chi connectivity index (χ2n) is 19.9. The molecule has 0 aromatic carbocycles. The highest BCUT2D eigenvalue weighted by Crippen LogP contribution is 2.75. The molecule has 57 heavy (non-hydrogen) atoms. The van der Waals surface area contributed by atoms with Crippen LogP contribution in [0.25, 0.3) is 0 Å². The maximum Gasteiger partial charge on any atom is 0.326 e. The van der Waals surface area contributed by atoms with Crippen molar-refractivity contribution in [3.05, 3.63) is 29.9 Å². The molecular weight excluding hydrogens is 725 g/mol. The van der Waals surface area contributed by atoms with Gasteiger partial charge in [-0.25, -0.2) is 9.78 Å². The lowest BCUT2D eigenvalue weighted by Crippen LogP contribution is -2.69. The van der Waals surface area contributed by atoms with Crippen LogP contribution < -0.4 is 21.7 Å². The van der Waals surface area contributed by atoms with E-state index in [1.807, 2.05) is 6.08 Å². The number of aromatic amines is 1. The van der Waals surface area contributed by atoms with Crippen molar-refractivity contribution in [3.8, 4) is 0 Å². The monoisotopic (exact) mass is 793 g/mol. The topological polar surface area (TPSA) is 217 Å². The molecular formula is C44H68N6O7. The molecule has 316 valence electrons. The second kappa shape index (κ2) is 15.9. The number of aromatic nitrogens is 2. The Balaban J connectivity index is 1.20. The van der Waals surface area contributed by atoms with Crippen molar-refractivity contribution in [2.45, 2.75) is 144 Å². The molecule has 1 aromatic rings. The van der Waals surface area contributed by atoms with Crippen LogP contribution in [0.2, 0.25) is 0 Å². The molecule has 1 heterocycles. The molecule has 4 fully saturated rings. The van der Waals surface area contributed by atoms with Crippen molar-refractivity contribution in [1.82, 2.24) is 25.9 Å². The van der Waals surface area contributed by atoms with Crippen LogP contribution in [0.4, 0.5) is 0 Å². The van der Waals surface area contributed by atoms with Gasteiger partial charge in [-0.1, -0.05) is 47.1 Å². The molecule has 5 aliphatic rings. The van der Waals surface area contributed by atoms with E-state index in [4.69, 9.17) is 5.73 Å². The fourth-order valence-electron chi connectivity index (χ4n) is 13.1. The summed E-state index contributed by atoms with van der Waals surface area (Å²) in [6.07, 6.45) is 12.3. The number of aliphatic carboxylic acids is 1. The summed E-state index contributed by atoms with van der Waals surface area (Å²) in [4.78, 5) is 74.9. The third-order valence-electron chi connectivity index (χ3n) is 16.9. The summed E-state index contributed by atoms with van der Waals surface area (Å²) >= 11 is 0. The molecule has 3 amide bonds. The van der Waals surface area contributed by atoms with Gasteiger partial charge in [-0.2, -0.15) is 0 Å². The van der Waals surface area contributed by atoms with E-state index in [0.29, 0.717) is 62.1 Å². The van der Waals surface area contributed by atoms with Crippen molar-refractivity contribution in [1.29, 1.82) is 0 Å². The highest BCUT2D eigenvalue weighted by Gasteiger charge is 2.71. The number of ketones is 1. The number of imidazole rings is 1. The van der Waals surface area contributed by atoms with Crippen molar-refractivity contribution in [2.24, 2.45) is 62.4 Å². The number of carbonyl (C=O) groups excluding carboxylic acids is 4. The molecule has 4 saturated carbocycles. The number of amides is 3. The molecule has 0 saturated heterocycles. The van der Waals surface area contributed by atoms with E-state index in [9.17, 15) is 34.2 Å². The van der Waals surface area contributed by atoms with Crippen LogP contribution in [0, 0.1) is 56.7 Å². The van der Waals surface area contributed by atoms with Crippen LogP contribution in [-0.4, -0.2) is 80.9 Å². The molecule has 13 heteroatoms. The van der Waals surface area contributed by atoms with E-state index < -0.39 is 59.3 Å². The fourth-order valence-corrected chi connectivity index (χ4v) is 13.1. The molecule has 5 aliphatic carbocycles. The number of nitrogens with one attached hydrogen (secondary N) is 4. The van der Waals surface area contributed by atoms with E-state index in [2.05, 4.69) is 67.5 Å². The average Bonchev–Trinajstić information content (AvgIpc) is 3.67. The SMILES string of the molecule is C[C@H]1[C@H](C)CC[C@]2(C)CC[C@]3(C)C(=CC(=O)[C@@H]4[C@@]5(C)CC[C@@H](O)[C@](C)(C(=O)NCC(=O)N[C@@H](Cc6cnc[nH]6)C(=O)N[C@@H](CCCCN)C(=O)O)[C@@H]5CC[C@]43C)[C@H]12. The van der Waals surface area contributed by atoms with E-state index in [0.717, 1.165) is 19.3 Å². The Bertz CT molecular complexity index is 1750. The summed E-state index contributed by atoms with van der Waals surface area (Å²) in [5.41, 5.74) is 5.35. The molecule has 0 spiro atoms. The number of nitrogens with two attached hydrogens (primary N) is 1. The predicted octanol–water partition coefficient (Wildman–Crippen LogP) is 4.45. The molecule has 8 N–H and O–H groups in total. The first-order chi connectivity index (χ1) is 26.8. The van der Waals surface area contributed by atoms with E-state index in [1.165, 1.54) is 30.9 Å². The number of unbranched alkanes of at least 4 members (excludes halogenated alkanes) is 1. The number of fused-ring (bicyclic) bond motifs is 7. The Morgan fingerprint density at radius 2 is 1.70 bits per heavy atom. The number of carboxylic acid groups (broad SMARTS) is 1. The van der Waals surface area contributed by atoms with E-state index >= 15 is 0 Å². The summed E-state index contributed by atoms with van der Waals surface area (Å²) in [6, 6.07) is -2.32.